The van der Waals surface area contributed by atoms with Crippen molar-refractivity contribution in [3.8, 4) is 0 Å². The number of halogens is 1. The van der Waals surface area contributed by atoms with Gasteiger partial charge in [-0.2, -0.15) is 0 Å². The topological polar surface area (TPSA) is 17.1 Å². The Bertz CT molecular complexity index is 816. The monoisotopic (exact) mass is 276 g/mol. The molecular formula is C19H13FO. The van der Waals surface area contributed by atoms with Crippen LogP contribution in [-0.4, -0.2) is 5.78 Å². The Balaban J connectivity index is 1.83. The molecule has 0 unspecified atom stereocenters. The summed E-state index contributed by atoms with van der Waals surface area (Å²) in [6.07, 6.45) is 3.29. The highest BCUT2D eigenvalue weighted by Gasteiger charge is 2.01. The molecule has 0 aliphatic heterocycles. The first-order valence-corrected chi connectivity index (χ1v) is 6.69. The SMILES string of the molecule is O=C(/C=C/c1ccc2ccccc2c1)c1ccc(F)cc1. The van der Waals surface area contributed by atoms with Gasteiger partial charge in [-0.1, -0.05) is 42.5 Å². The van der Waals surface area contributed by atoms with Crippen LogP contribution < -0.4 is 0 Å². The molecule has 0 aliphatic rings. The van der Waals surface area contributed by atoms with E-state index in [1.165, 1.54) is 35.7 Å². The van der Waals surface area contributed by atoms with E-state index in [0.717, 1.165) is 10.9 Å². The van der Waals surface area contributed by atoms with Crippen LogP contribution in [0.5, 0.6) is 0 Å². The molecule has 102 valence electrons. The number of benzene rings is 3. The fourth-order valence-electron chi connectivity index (χ4n) is 2.19. The van der Waals surface area contributed by atoms with E-state index < -0.39 is 0 Å². The summed E-state index contributed by atoms with van der Waals surface area (Å²) < 4.78 is 12.8. The third kappa shape index (κ3) is 3.06. The predicted molar refractivity (Wildman–Crippen MR) is 83.7 cm³/mol. The Morgan fingerprint density at radius 3 is 2.33 bits per heavy atom. The average Bonchev–Trinajstić information content (AvgIpc) is 2.53. The van der Waals surface area contributed by atoms with Gasteiger partial charge < -0.3 is 0 Å². The van der Waals surface area contributed by atoms with Crippen LogP contribution in [0.4, 0.5) is 4.39 Å². The standard InChI is InChI=1S/C19H13FO/c20-18-10-8-16(9-11-18)19(21)12-6-14-5-7-15-3-1-2-4-17(15)13-14/h1-13H/b12-6+. The third-order valence-electron chi connectivity index (χ3n) is 3.33. The van der Waals surface area contributed by atoms with Crippen LogP contribution in [0, 0.1) is 5.82 Å². The first-order valence-electron chi connectivity index (χ1n) is 6.69. The molecule has 0 fully saturated rings. The number of carbonyl (C=O) groups excluding carboxylic acids is 1. The molecule has 0 N–H and O–H groups in total. The first-order chi connectivity index (χ1) is 10.2. The Hall–Kier alpha value is -2.74. The molecule has 0 atom stereocenters. The van der Waals surface area contributed by atoms with Crippen LogP contribution in [-0.2, 0) is 0 Å². The summed E-state index contributed by atoms with van der Waals surface area (Å²) in [5.74, 6) is -0.479. The molecule has 0 bridgehead atoms. The van der Waals surface area contributed by atoms with Crippen LogP contribution in [0.2, 0.25) is 0 Å². The van der Waals surface area contributed by atoms with E-state index in [4.69, 9.17) is 0 Å². The molecule has 0 heterocycles. The lowest BCUT2D eigenvalue weighted by Crippen LogP contribution is -1.93. The quantitative estimate of drug-likeness (QED) is 0.492. The van der Waals surface area contributed by atoms with Crippen molar-refractivity contribution in [2.24, 2.45) is 0 Å². The van der Waals surface area contributed by atoms with Crippen LogP contribution in [0.15, 0.2) is 72.8 Å². The molecule has 3 aromatic carbocycles. The van der Waals surface area contributed by atoms with Gasteiger partial charge in [-0.05, 0) is 52.7 Å². The number of allylic oxidation sites excluding steroid dienone is 1. The van der Waals surface area contributed by atoms with Crippen LogP contribution in [0.3, 0.4) is 0 Å². The van der Waals surface area contributed by atoms with Crippen LogP contribution >= 0.6 is 0 Å². The summed E-state index contributed by atoms with van der Waals surface area (Å²) in [5, 5.41) is 2.30. The molecule has 0 saturated carbocycles. The van der Waals surface area contributed by atoms with E-state index in [2.05, 4.69) is 0 Å². The molecule has 3 rings (SSSR count). The van der Waals surface area contributed by atoms with Gasteiger partial charge in [-0.3, -0.25) is 4.79 Å². The van der Waals surface area contributed by atoms with Gasteiger partial charge in [0.2, 0.25) is 0 Å². The summed E-state index contributed by atoms with van der Waals surface area (Å²) in [6.45, 7) is 0. The molecule has 0 amide bonds. The molecular weight excluding hydrogens is 263 g/mol. The lowest BCUT2D eigenvalue weighted by Gasteiger charge is -1.99. The molecule has 0 spiro atoms. The average molecular weight is 276 g/mol. The molecule has 0 saturated heterocycles. The molecule has 0 radical (unpaired) electrons. The third-order valence-corrected chi connectivity index (χ3v) is 3.33. The highest BCUT2D eigenvalue weighted by molar-refractivity contribution is 6.06. The number of ketones is 1. The van der Waals surface area contributed by atoms with Crippen LogP contribution in [0.1, 0.15) is 15.9 Å². The summed E-state index contributed by atoms with van der Waals surface area (Å²) in [4.78, 5) is 12.0. The molecule has 2 heteroatoms. The highest BCUT2D eigenvalue weighted by atomic mass is 19.1. The maximum atomic E-state index is 12.8. The van der Waals surface area contributed by atoms with Crippen molar-refractivity contribution in [2.45, 2.75) is 0 Å². The fourth-order valence-corrected chi connectivity index (χ4v) is 2.19. The summed E-state index contributed by atoms with van der Waals surface area (Å²) >= 11 is 0. The highest BCUT2D eigenvalue weighted by Crippen LogP contribution is 2.16. The zero-order valence-corrected chi connectivity index (χ0v) is 11.3. The van der Waals surface area contributed by atoms with Crippen molar-refractivity contribution < 1.29 is 9.18 Å². The lowest BCUT2D eigenvalue weighted by atomic mass is 10.1. The second-order valence-corrected chi connectivity index (χ2v) is 4.81. The van der Waals surface area contributed by atoms with Crippen molar-refractivity contribution in [3.63, 3.8) is 0 Å². The predicted octanol–water partition coefficient (Wildman–Crippen LogP) is 4.88. The zero-order chi connectivity index (χ0) is 14.7. The van der Waals surface area contributed by atoms with E-state index in [1.54, 1.807) is 6.08 Å². The van der Waals surface area contributed by atoms with Crippen molar-refractivity contribution in [3.05, 3.63) is 89.8 Å². The zero-order valence-electron chi connectivity index (χ0n) is 11.3. The van der Waals surface area contributed by atoms with E-state index >= 15 is 0 Å². The minimum atomic E-state index is -0.343. The fraction of sp³-hybridized carbons (Fsp3) is 0. The van der Waals surface area contributed by atoms with Crippen molar-refractivity contribution in [2.75, 3.05) is 0 Å². The van der Waals surface area contributed by atoms with Gasteiger partial charge in [-0.15, -0.1) is 0 Å². The van der Waals surface area contributed by atoms with E-state index in [-0.39, 0.29) is 11.6 Å². The molecule has 1 nitrogen and oxygen atoms in total. The summed E-state index contributed by atoms with van der Waals surface area (Å²) in [6, 6.07) is 19.6. The molecule has 0 aromatic heterocycles. The summed E-state index contributed by atoms with van der Waals surface area (Å²) in [5.41, 5.74) is 1.44. The second kappa shape index (κ2) is 5.71. The largest absolute Gasteiger partial charge is 0.289 e. The van der Waals surface area contributed by atoms with Gasteiger partial charge in [0.05, 0.1) is 0 Å². The number of fused-ring (bicyclic) bond motifs is 1. The molecule has 3 aromatic rings. The van der Waals surface area contributed by atoms with E-state index in [9.17, 15) is 9.18 Å². The van der Waals surface area contributed by atoms with Gasteiger partial charge in [-0.25, -0.2) is 4.39 Å². The minimum absolute atomic E-state index is 0.136. The maximum Gasteiger partial charge on any atom is 0.185 e. The minimum Gasteiger partial charge on any atom is -0.289 e. The van der Waals surface area contributed by atoms with Gasteiger partial charge in [0.1, 0.15) is 5.82 Å². The Morgan fingerprint density at radius 2 is 1.57 bits per heavy atom. The smallest absolute Gasteiger partial charge is 0.185 e. The molecule has 0 aliphatic carbocycles. The maximum absolute atomic E-state index is 12.8. The molecule has 21 heavy (non-hydrogen) atoms. The van der Waals surface area contributed by atoms with E-state index in [1.807, 2.05) is 42.5 Å². The Kier molecular flexibility index (Phi) is 3.61. The number of rotatable bonds is 3. The van der Waals surface area contributed by atoms with E-state index in [0.29, 0.717) is 5.56 Å². The summed E-state index contributed by atoms with van der Waals surface area (Å²) in [7, 11) is 0. The van der Waals surface area contributed by atoms with Gasteiger partial charge in [0.15, 0.2) is 5.78 Å². The van der Waals surface area contributed by atoms with Crippen molar-refractivity contribution >= 4 is 22.6 Å². The van der Waals surface area contributed by atoms with Gasteiger partial charge in [0.25, 0.3) is 0 Å². The number of hydrogen-bond donors (Lipinski definition) is 0. The van der Waals surface area contributed by atoms with Crippen LogP contribution in [0.25, 0.3) is 16.8 Å². The number of carbonyl (C=O) groups is 1. The Labute approximate surface area is 122 Å². The second-order valence-electron chi connectivity index (χ2n) is 4.81. The van der Waals surface area contributed by atoms with Crippen molar-refractivity contribution in [1.29, 1.82) is 0 Å². The normalized spacial score (nSPS) is 11.1. The lowest BCUT2D eigenvalue weighted by molar-refractivity contribution is 0.104. The van der Waals surface area contributed by atoms with Gasteiger partial charge in [0, 0.05) is 5.56 Å². The number of hydrogen-bond acceptors (Lipinski definition) is 1. The van der Waals surface area contributed by atoms with Gasteiger partial charge >= 0.3 is 0 Å². The van der Waals surface area contributed by atoms with Crippen molar-refractivity contribution in [1.82, 2.24) is 0 Å². The first kappa shape index (κ1) is 13.3. The Morgan fingerprint density at radius 1 is 0.857 bits per heavy atom.